The fraction of sp³-hybridized carbons (Fsp3) is 0.368. The third-order valence-electron chi connectivity index (χ3n) is 3.59. The van der Waals surface area contributed by atoms with Gasteiger partial charge in [0.15, 0.2) is 11.5 Å². The van der Waals surface area contributed by atoms with Crippen LogP contribution in [0, 0.1) is 0 Å². The zero-order valence-corrected chi connectivity index (χ0v) is 16.0. The van der Waals surface area contributed by atoms with Crippen molar-refractivity contribution in [3.05, 3.63) is 52.0 Å². The topological polar surface area (TPSA) is 39.7 Å². The van der Waals surface area contributed by atoms with Gasteiger partial charge in [-0.05, 0) is 24.6 Å². The quantitative estimate of drug-likeness (QED) is 0.678. The molecule has 0 aliphatic carbocycles. The lowest BCUT2D eigenvalue weighted by atomic mass is 10.1. The predicted molar refractivity (Wildman–Crippen MR) is 100 cm³/mol. The van der Waals surface area contributed by atoms with Gasteiger partial charge in [0.1, 0.15) is 5.75 Å². The van der Waals surface area contributed by atoms with Crippen LogP contribution in [0.1, 0.15) is 24.5 Å². The number of methoxy groups -OCH3 is 2. The second kappa shape index (κ2) is 9.55. The van der Waals surface area contributed by atoms with Crippen molar-refractivity contribution in [3.8, 4) is 17.2 Å². The van der Waals surface area contributed by atoms with Gasteiger partial charge in [-0.1, -0.05) is 41.1 Å². The van der Waals surface area contributed by atoms with Crippen molar-refractivity contribution in [2.24, 2.45) is 0 Å². The van der Waals surface area contributed by atoms with Crippen molar-refractivity contribution in [3.63, 3.8) is 0 Å². The maximum atomic E-state index is 5.90. The van der Waals surface area contributed by atoms with Crippen LogP contribution in [0.3, 0.4) is 0 Å². The van der Waals surface area contributed by atoms with E-state index >= 15 is 0 Å². The maximum absolute atomic E-state index is 5.90. The van der Waals surface area contributed by atoms with Gasteiger partial charge >= 0.3 is 0 Å². The van der Waals surface area contributed by atoms with Crippen molar-refractivity contribution in [2.75, 3.05) is 20.8 Å². The Labute approximate surface area is 152 Å². The van der Waals surface area contributed by atoms with Crippen molar-refractivity contribution in [1.82, 2.24) is 5.32 Å². The minimum absolute atomic E-state index is 0.664. The number of hydrogen-bond donors (Lipinski definition) is 1. The average Bonchev–Trinajstić information content (AvgIpc) is 2.60. The summed E-state index contributed by atoms with van der Waals surface area (Å²) in [6.07, 6.45) is 0.952. The van der Waals surface area contributed by atoms with Crippen molar-refractivity contribution in [1.29, 1.82) is 0 Å². The standard InChI is InChI=1S/C19H24BrNO3/c1-4-9-24-19-15(10-16(20)11-18(19)23-3)13-21-12-14-7-5-6-8-17(14)22-2/h5-8,10-11,21H,4,9,12-13H2,1-3H3. The fourth-order valence-corrected chi connectivity index (χ4v) is 2.94. The monoisotopic (exact) mass is 393 g/mol. The number of hydrogen-bond acceptors (Lipinski definition) is 4. The lowest BCUT2D eigenvalue weighted by Crippen LogP contribution is -2.15. The molecule has 0 bridgehead atoms. The number of ether oxygens (including phenoxy) is 3. The molecule has 0 radical (unpaired) electrons. The summed E-state index contributed by atoms with van der Waals surface area (Å²) in [6.45, 7) is 4.14. The van der Waals surface area contributed by atoms with Crippen LogP contribution in [0.2, 0.25) is 0 Å². The van der Waals surface area contributed by atoms with E-state index in [1.54, 1.807) is 14.2 Å². The van der Waals surface area contributed by atoms with E-state index in [1.165, 1.54) is 0 Å². The number of rotatable bonds is 9. The van der Waals surface area contributed by atoms with Crippen LogP contribution in [-0.2, 0) is 13.1 Å². The third-order valence-corrected chi connectivity index (χ3v) is 4.05. The molecule has 2 aromatic carbocycles. The molecule has 0 amide bonds. The van der Waals surface area contributed by atoms with Crippen LogP contribution in [0.4, 0.5) is 0 Å². The summed E-state index contributed by atoms with van der Waals surface area (Å²) in [7, 11) is 3.35. The van der Waals surface area contributed by atoms with E-state index in [9.17, 15) is 0 Å². The largest absolute Gasteiger partial charge is 0.496 e. The summed E-state index contributed by atoms with van der Waals surface area (Å²) in [5.74, 6) is 2.43. The lowest BCUT2D eigenvalue weighted by Gasteiger charge is -2.16. The second-order valence-corrected chi connectivity index (χ2v) is 6.28. The Morgan fingerprint density at radius 3 is 2.38 bits per heavy atom. The zero-order valence-electron chi connectivity index (χ0n) is 14.4. The van der Waals surface area contributed by atoms with E-state index < -0.39 is 0 Å². The van der Waals surface area contributed by atoms with E-state index in [0.717, 1.165) is 39.3 Å². The summed E-state index contributed by atoms with van der Waals surface area (Å²) in [5, 5.41) is 3.45. The Kier molecular flexibility index (Phi) is 7.40. The van der Waals surface area contributed by atoms with Gasteiger partial charge in [0.2, 0.25) is 0 Å². The lowest BCUT2D eigenvalue weighted by molar-refractivity contribution is 0.290. The number of para-hydroxylation sites is 1. The Morgan fingerprint density at radius 1 is 0.958 bits per heavy atom. The molecule has 2 rings (SSSR count). The smallest absolute Gasteiger partial charge is 0.165 e. The van der Waals surface area contributed by atoms with Crippen LogP contribution < -0.4 is 19.5 Å². The van der Waals surface area contributed by atoms with Gasteiger partial charge in [-0.3, -0.25) is 0 Å². The molecule has 0 fully saturated rings. The van der Waals surface area contributed by atoms with E-state index in [4.69, 9.17) is 14.2 Å². The third kappa shape index (κ3) is 4.89. The van der Waals surface area contributed by atoms with E-state index in [-0.39, 0.29) is 0 Å². The molecule has 1 N–H and O–H groups in total. The zero-order chi connectivity index (χ0) is 17.4. The molecule has 0 heterocycles. The summed E-state index contributed by atoms with van der Waals surface area (Å²) >= 11 is 3.53. The first-order chi connectivity index (χ1) is 11.7. The number of halogens is 1. The Morgan fingerprint density at radius 2 is 1.67 bits per heavy atom. The normalized spacial score (nSPS) is 10.5. The molecule has 2 aromatic rings. The van der Waals surface area contributed by atoms with Gasteiger partial charge in [0.25, 0.3) is 0 Å². The molecule has 0 saturated carbocycles. The van der Waals surface area contributed by atoms with Crippen LogP contribution in [0.15, 0.2) is 40.9 Å². The van der Waals surface area contributed by atoms with E-state index in [1.807, 2.05) is 24.3 Å². The minimum atomic E-state index is 0.664. The molecule has 130 valence electrons. The first-order valence-electron chi connectivity index (χ1n) is 8.01. The first-order valence-corrected chi connectivity index (χ1v) is 8.80. The molecular formula is C19H24BrNO3. The molecule has 4 nitrogen and oxygen atoms in total. The van der Waals surface area contributed by atoms with E-state index in [2.05, 4.69) is 40.3 Å². The summed E-state index contributed by atoms with van der Waals surface area (Å²) in [4.78, 5) is 0. The summed E-state index contributed by atoms with van der Waals surface area (Å²) in [6, 6.07) is 12.0. The van der Waals surface area contributed by atoms with Gasteiger partial charge in [0.05, 0.1) is 20.8 Å². The first kappa shape index (κ1) is 18.6. The number of nitrogens with one attached hydrogen (secondary N) is 1. The molecule has 0 unspecified atom stereocenters. The number of benzene rings is 2. The van der Waals surface area contributed by atoms with E-state index in [0.29, 0.717) is 19.7 Å². The molecule has 0 aliphatic rings. The van der Waals surface area contributed by atoms with Crippen molar-refractivity contribution >= 4 is 15.9 Å². The molecule has 0 atom stereocenters. The predicted octanol–water partition coefficient (Wildman–Crippen LogP) is 4.54. The highest BCUT2D eigenvalue weighted by atomic mass is 79.9. The molecule has 5 heteroatoms. The summed E-state index contributed by atoms with van der Waals surface area (Å²) in [5.41, 5.74) is 2.18. The molecule has 0 aromatic heterocycles. The maximum Gasteiger partial charge on any atom is 0.165 e. The van der Waals surface area contributed by atoms with Gasteiger partial charge in [-0.25, -0.2) is 0 Å². The van der Waals surface area contributed by atoms with Crippen molar-refractivity contribution < 1.29 is 14.2 Å². The highest BCUT2D eigenvalue weighted by molar-refractivity contribution is 9.10. The Balaban J connectivity index is 2.12. The molecule has 0 spiro atoms. The fourth-order valence-electron chi connectivity index (χ4n) is 2.45. The summed E-state index contributed by atoms with van der Waals surface area (Å²) < 4.78 is 17.7. The average molecular weight is 394 g/mol. The SMILES string of the molecule is CCCOc1c(CNCc2ccccc2OC)cc(Br)cc1OC. The van der Waals surface area contributed by atoms with Crippen LogP contribution in [0.25, 0.3) is 0 Å². The minimum Gasteiger partial charge on any atom is -0.496 e. The van der Waals surface area contributed by atoms with Crippen molar-refractivity contribution in [2.45, 2.75) is 26.4 Å². The molecule has 0 saturated heterocycles. The molecule has 0 aliphatic heterocycles. The molecule has 24 heavy (non-hydrogen) atoms. The van der Waals surface area contributed by atoms with Gasteiger partial charge in [-0.2, -0.15) is 0 Å². The highest BCUT2D eigenvalue weighted by Gasteiger charge is 2.13. The Bertz CT molecular complexity index is 661. The van der Waals surface area contributed by atoms with Gasteiger partial charge in [0, 0.05) is 28.7 Å². The molecular weight excluding hydrogens is 370 g/mol. The highest BCUT2D eigenvalue weighted by Crippen LogP contribution is 2.35. The Hall–Kier alpha value is -1.72. The van der Waals surface area contributed by atoms with Crippen LogP contribution in [-0.4, -0.2) is 20.8 Å². The van der Waals surface area contributed by atoms with Gasteiger partial charge in [-0.15, -0.1) is 0 Å². The van der Waals surface area contributed by atoms with Gasteiger partial charge < -0.3 is 19.5 Å². The van der Waals surface area contributed by atoms with Crippen LogP contribution in [0.5, 0.6) is 17.2 Å². The van der Waals surface area contributed by atoms with Crippen LogP contribution >= 0.6 is 15.9 Å². The second-order valence-electron chi connectivity index (χ2n) is 5.36.